The van der Waals surface area contributed by atoms with Crippen LogP contribution in [0.25, 0.3) is 0 Å². The Balaban J connectivity index is 1.54. The molecule has 4 nitrogen and oxygen atoms in total. The van der Waals surface area contributed by atoms with Crippen LogP contribution < -0.4 is 5.32 Å². The highest BCUT2D eigenvalue weighted by Crippen LogP contribution is 2.35. The Kier molecular flexibility index (Phi) is 4.57. The predicted molar refractivity (Wildman–Crippen MR) is 96.2 cm³/mol. The number of hydrogen-bond acceptors (Lipinski definition) is 3. The summed E-state index contributed by atoms with van der Waals surface area (Å²) < 4.78 is 11.1. The predicted octanol–water partition coefficient (Wildman–Crippen LogP) is 3.90. The second-order valence-electron chi connectivity index (χ2n) is 7.01. The SMILES string of the molecule is O=C(NCC1(c2cccc(Cl)c2)CCOCC1)c1occ2c1CCC2. The van der Waals surface area contributed by atoms with Gasteiger partial charge >= 0.3 is 0 Å². The van der Waals surface area contributed by atoms with Gasteiger partial charge in [-0.05, 0) is 55.4 Å². The van der Waals surface area contributed by atoms with Gasteiger partial charge in [-0.15, -0.1) is 0 Å². The average Bonchev–Trinajstić information content (AvgIpc) is 3.24. The van der Waals surface area contributed by atoms with Crippen LogP contribution in [0.2, 0.25) is 5.02 Å². The zero-order chi connectivity index (χ0) is 17.3. The molecule has 2 aliphatic rings. The summed E-state index contributed by atoms with van der Waals surface area (Å²) in [6, 6.07) is 7.94. The number of benzene rings is 1. The van der Waals surface area contributed by atoms with Gasteiger partial charge in [-0.2, -0.15) is 0 Å². The van der Waals surface area contributed by atoms with E-state index in [0.717, 1.165) is 48.3 Å². The van der Waals surface area contributed by atoms with Gasteiger partial charge < -0.3 is 14.5 Å². The number of furan rings is 1. The molecule has 0 unspecified atom stereocenters. The fourth-order valence-corrected chi connectivity index (χ4v) is 4.22. The molecule has 1 N–H and O–H groups in total. The minimum Gasteiger partial charge on any atom is -0.459 e. The van der Waals surface area contributed by atoms with Gasteiger partial charge in [0.15, 0.2) is 5.76 Å². The number of carbonyl (C=O) groups is 1. The summed E-state index contributed by atoms with van der Waals surface area (Å²) in [5.41, 5.74) is 3.28. The van der Waals surface area contributed by atoms with E-state index in [2.05, 4.69) is 11.4 Å². The van der Waals surface area contributed by atoms with Crippen molar-refractivity contribution in [1.82, 2.24) is 5.32 Å². The zero-order valence-electron chi connectivity index (χ0n) is 14.1. The molecule has 1 fully saturated rings. The van der Waals surface area contributed by atoms with Crippen LogP contribution in [-0.4, -0.2) is 25.7 Å². The van der Waals surface area contributed by atoms with Crippen molar-refractivity contribution in [2.75, 3.05) is 19.8 Å². The zero-order valence-corrected chi connectivity index (χ0v) is 14.9. The molecule has 1 aromatic heterocycles. The van der Waals surface area contributed by atoms with Gasteiger partial charge in [-0.25, -0.2) is 0 Å². The van der Waals surface area contributed by atoms with E-state index in [-0.39, 0.29) is 11.3 Å². The molecule has 2 heterocycles. The van der Waals surface area contributed by atoms with Crippen LogP contribution in [0.1, 0.15) is 46.5 Å². The Labute approximate surface area is 152 Å². The van der Waals surface area contributed by atoms with E-state index in [1.807, 2.05) is 18.2 Å². The maximum atomic E-state index is 12.7. The lowest BCUT2D eigenvalue weighted by molar-refractivity contribution is 0.0484. The lowest BCUT2D eigenvalue weighted by Gasteiger charge is -2.38. The third kappa shape index (κ3) is 3.21. The van der Waals surface area contributed by atoms with Gasteiger partial charge in [0.1, 0.15) is 0 Å². The van der Waals surface area contributed by atoms with Crippen molar-refractivity contribution in [3.8, 4) is 0 Å². The molecule has 1 amide bonds. The summed E-state index contributed by atoms with van der Waals surface area (Å²) in [5.74, 6) is 0.372. The van der Waals surface area contributed by atoms with Crippen LogP contribution >= 0.6 is 11.6 Å². The Morgan fingerprint density at radius 3 is 2.88 bits per heavy atom. The Hall–Kier alpha value is -1.78. The summed E-state index contributed by atoms with van der Waals surface area (Å²) in [7, 11) is 0. The van der Waals surface area contributed by atoms with E-state index in [9.17, 15) is 4.79 Å². The minimum absolute atomic E-state index is 0.115. The first-order chi connectivity index (χ1) is 12.2. The number of hydrogen-bond donors (Lipinski definition) is 1. The molecule has 0 atom stereocenters. The van der Waals surface area contributed by atoms with Crippen LogP contribution in [0.5, 0.6) is 0 Å². The fourth-order valence-electron chi connectivity index (χ4n) is 4.03. The van der Waals surface area contributed by atoms with E-state index in [1.165, 1.54) is 5.56 Å². The number of rotatable bonds is 4. The molecule has 0 saturated carbocycles. The van der Waals surface area contributed by atoms with Crippen molar-refractivity contribution in [2.24, 2.45) is 0 Å². The van der Waals surface area contributed by atoms with E-state index >= 15 is 0 Å². The summed E-state index contributed by atoms with van der Waals surface area (Å²) >= 11 is 6.20. The molecule has 0 spiro atoms. The number of amides is 1. The maximum absolute atomic E-state index is 12.7. The number of carbonyl (C=O) groups excluding carboxylic acids is 1. The lowest BCUT2D eigenvalue weighted by Crippen LogP contribution is -2.44. The molecule has 0 bridgehead atoms. The number of halogens is 1. The van der Waals surface area contributed by atoms with Gasteiger partial charge in [0.2, 0.25) is 0 Å². The Morgan fingerprint density at radius 2 is 2.08 bits per heavy atom. The van der Waals surface area contributed by atoms with Crippen LogP contribution in [0.3, 0.4) is 0 Å². The first kappa shape index (κ1) is 16.7. The molecule has 4 rings (SSSR count). The molecule has 1 aliphatic heterocycles. The van der Waals surface area contributed by atoms with Crippen LogP contribution in [-0.2, 0) is 23.0 Å². The number of aryl methyl sites for hydroxylation is 1. The molecule has 1 aliphatic carbocycles. The van der Waals surface area contributed by atoms with Gasteiger partial charge in [-0.3, -0.25) is 4.79 Å². The van der Waals surface area contributed by atoms with Crippen LogP contribution in [0.15, 0.2) is 34.9 Å². The smallest absolute Gasteiger partial charge is 0.287 e. The summed E-state index contributed by atoms with van der Waals surface area (Å²) in [6.45, 7) is 1.95. The van der Waals surface area contributed by atoms with Gasteiger partial charge in [0.25, 0.3) is 5.91 Å². The average molecular weight is 360 g/mol. The molecule has 25 heavy (non-hydrogen) atoms. The standard InChI is InChI=1S/C20H22ClNO3/c21-16-5-2-4-15(11-16)20(7-9-24-10-8-20)13-22-19(23)18-17-6-1-3-14(17)12-25-18/h2,4-5,11-12H,1,3,6-10,13H2,(H,22,23). The van der Waals surface area contributed by atoms with E-state index in [0.29, 0.717) is 25.5 Å². The summed E-state index contributed by atoms with van der Waals surface area (Å²) in [6.07, 6.45) is 6.51. The van der Waals surface area contributed by atoms with Crippen molar-refractivity contribution in [1.29, 1.82) is 0 Å². The largest absolute Gasteiger partial charge is 0.459 e. The van der Waals surface area contributed by atoms with E-state index in [1.54, 1.807) is 6.26 Å². The molecular weight excluding hydrogens is 338 g/mol. The van der Waals surface area contributed by atoms with Gasteiger partial charge in [0.05, 0.1) is 6.26 Å². The van der Waals surface area contributed by atoms with Gasteiger partial charge in [0, 0.05) is 35.8 Å². The Morgan fingerprint density at radius 1 is 1.24 bits per heavy atom. The highest BCUT2D eigenvalue weighted by molar-refractivity contribution is 6.30. The van der Waals surface area contributed by atoms with Crippen LogP contribution in [0, 0.1) is 0 Å². The number of fused-ring (bicyclic) bond motifs is 1. The molecule has 132 valence electrons. The maximum Gasteiger partial charge on any atom is 0.287 e. The van der Waals surface area contributed by atoms with Crippen LogP contribution in [0.4, 0.5) is 0 Å². The van der Waals surface area contributed by atoms with Crippen molar-refractivity contribution >= 4 is 17.5 Å². The third-order valence-corrected chi connectivity index (χ3v) is 5.77. The monoisotopic (exact) mass is 359 g/mol. The highest BCUT2D eigenvalue weighted by Gasteiger charge is 2.35. The van der Waals surface area contributed by atoms with Gasteiger partial charge in [-0.1, -0.05) is 23.7 Å². The number of ether oxygens (including phenoxy) is 1. The quantitative estimate of drug-likeness (QED) is 0.900. The summed E-state index contributed by atoms with van der Waals surface area (Å²) in [5, 5.41) is 3.83. The van der Waals surface area contributed by atoms with Crippen molar-refractivity contribution < 1.29 is 13.9 Å². The third-order valence-electron chi connectivity index (χ3n) is 5.53. The summed E-state index contributed by atoms with van der Waals surface area (Å²) in [4.78, 5) is 12.7. The number of nitrogens with one attached hydrogen (secondary N) is 1. The Bertz CT molecular complexity index is 777. The molecule has 2 aromatic rings. The van der Waals surface area contributed by atoms with Crippen molar-refractivity contribution in [2.45, 2.75) is 37.5 Å². The topological polar surface area (TPSA) is 51.5 Å². The lowest BCUT2D eigenvalue weighted by atomic mass is 9.74. The second-order valence-corrected chi connectivity index (χ2v) is 7.44. The first-order valence-corrected chi connectivity index (χ1v) is 9.27. The van der Waals surface area contributed by atoms with Crippen molar-refractivity contribution in [3.05, 3.63) is 58.0 Å². The second kappa shape index (κ2) is 6.85. The highest BCUT2D eigenvalue weighted by atomic mass is 35.5. The molecule has 5 heteroatoms. The molecule has 1 aromatic carbocycles. The minimum atomic E-state index is -0.144. The fraction of sp³-hybridized carbons (Fsp3) is 0.450. The van der Waals surface area contributed by atoms with E-state index < -0.39 is 0 Å². The van der Waals surface area contributed by atoms with Crippen molar-refractivity contribution in [3.63, 3.8) is 0 Å². The van der Waals surface area contributed by atoms with E-state index in [4.69, 9.17) is 20.8 Å². The normalized spacial score (nSPS) is 18.8. The molecule has 0 radical (unpaired) electrons. The molecule has 1 saturated heterocycles. The first-order valence-electron chi connectivity index (χ1n) is 8.89. The molecular formula is C20H22ClNO3.